The van der Waals surface area contributed by atoms with Crippen LogP contribution in [0.2, 0.25) is 0 Å². The average Bonchev–Trinajstić information content (AvgIpc) is 2.81. The van der Waals surface area contributed by atoms with Gasteiger partial charge in [0.25, 0.3) is 0 Å². The van der Waals surface area contributed by atoms with Crippen LogP contribution in [0.3, 0.4) is 0 Å². The van der Waals surface area contributed by atoms with Crippen LogP contribution in [0.15, 0.2) is 29.3 Å². The van der Waals surface area contributed by atoms with Gasteiger partial charge in [0.2, 0.25) is 0 Å². The number of aliphatic imine (C=N–C) groups is 1. The van der Waals surface area contributed by atoms with Crippen molar-refractivity contribution in [3.05, 3.63) is 29.8 Å². The van der Waals surface area contributed by atoms with Crippen molar-refractivity contribution in [2.45, 2.75) is 19.1 Å². The minimum absolute atomic E-state index is 0.586. The molecule has 92 valence electrons. The molecule has 1 atom stereocenters. The van der Waals surface area contributed by atoms with Gasteiger partial charge < -0.3 is 4.90 Å². The third-order valence-corrected chi connectivity index (χ3v) is 5.25. The van der Waals surface area contributed by atoms with Crippen LogP contribution in [0.1, 0.15) is 12.5 Å². The Balaban J connectivity index is 2.21. The maximum Gasteiger partial charge on any atom is 0.164 e. The molecule has 2 rings (SSSR count). The van der Waals surface area contributed by atoms with Crippen LogP contribution in [0.25, 0.3) is 0 Å². The van der Waals surface area contributed by atoms with E-state index in [1.807, 2.05) is 11.8 Å². The first kappa shape index (κ1) is 13.0. The molecule has 0 saturated heterocycles. The summed E-state index contributed by atoms with van der Waals surface area (Å²) in [6.07, 6.45) is 0. The number of alkyl halides is 1. The lowest BCUT2D eigenvalue weighted by Gasteiger charge is -2.24. The van der Waals surface area contributed by atoms with Gasteiger partial charge in [0.05, 0.1) is 6.54 Å². The first-order valence-electron chi connectivity index (χ1n) is 5.86. The number of halogens is 1. The van der Waals surface area contributed by atoms with Crippen LogP contribution in [-0.2, 0) is 0 Å². The molecule has 0 aliphatic carbocycles. The third kappa shape index (κ3) is 2.86. The first-order valence-corrected chi connectivity index (χ1v) is 7.86. The van der Waals surface area contributed by atoms with Gasteiger partial charge >= 0.3 is 0 Å². The molecule has 0 N–H and O–H groups in total. The van der Waals surface area contributed by atoms with E-state index < -0.39 is 0 Å². The van der Waals surface area contributed by atoms with Crippen LogP contribution in [0, 0.1) is 6.92 Å². The van der Waals surface area contributed by atoms with Crippen LogP contribution in [-0.4, -0.2) is 28.8 Å². The fourth-order valence-electron chi connectivity index (χ4n) is 1.91. The SMILES string of the molecule is CCN(C1=NCC(CBr)S1)c1ccccc1C. The summed E-state index contributed by atoms with van der Waals surface area (Å²) in [5, 5.41) is 2.75. The van der Waals surface area contributed by atoms with Crippen molar-refractivity contribution in [1.82, 2.24) is 0 Å². The van der Waals surface area contributed by atoms with Gasteiger partial charge in [0.15, 0.2) is 5.17 Å². The number of nitrogens with zero attached hydrogens (tertiary/aromatic N) is 2. The Hall–Kier alpha value is -0.480. The minimum Gasteiger partial charge on any atom is -0.321 e. The second-order valence-electron chi connectivity index (χ2n) is 4.05. The van der Waals surface area contributed by atoms with E-state index in [1.165, 1.54) is 11.3 Å². The molecule has 17 heavy (non-hydrogen) atoms. The second kappa shape index (κ2) is 5.91. The zero-order valence-electron chi connectivity index (χ0n) is 10.2. The molecule has 4 heteroatoms. The molecule has 0 radical (unpaired) electrons. The van der Waals surface area contributed by atoms with Crippen molar-refractivity contribution in [3.8, 4) is 0 Å². The number of thioether (sulfide) groups is 1. The molecule has 0 saturated carbocycles. The Morgan fingerprint density at radius 3 is 2.82 bits per heavy atom. The summed E-state index contributed by atoms with van der Waals surface area (Å²) < 4.78 is 0. The van der Waals surface area contributed by atoms with Crippen molar-refractivity contribution in [3.63, 3.8) is 0 Å². The van der Waals surface area contributed by atoms with Gasteiger partial charge in [0.1, 0.15) is 0 Å². The van der Waals surface area contributed by atoms with Gasteiger partial charge in [-0.1, -0.05) is 45.9 Å². The van der Waals surface area contributed by atoms with Crippen molar-refractivity contribution >= 4 is 38.5 Å². The summed E-state index contributed by atoms with van der Waals surface area (Å²) in [7, 11) is 0. The molecule has 0 amide bonds. The summed E-state index contributed by atoms with van der Waals surface area (Å²) in [4.78, 5) is 6.96. The van der Waals surface area contributed by atoms with Crippen molar-refractivity contribution in [2.24, 2.45) is 4.99 Å². The van der Waals surface area contributed by atoms with Crippen molar-refractivity contribution < 1.29 is 0 Å². The fraction of sp³-hybridized carbons (Fsp3) is 0.462. The zero-order chi connectivity index (χ0) is 12.3. The van der Waals surface area contributed by atoms with E-state index in [1.54, 1.807) is 0 Å². The van der Waals surface area contributed by atoms with Gasteiger partial charge in [-0.15, -0.1) is 0 Å². The predicted octanol–water partition coefficient (Wildman–Crippen LogP) is 3.69. The number of hydrogen-bond acceptors (Lipinski definition) is 3. The molecule has 1 heterocycles. The third-order valence-electron chi connectivity index (χ3n) is 2.83. The second-order valence-corrected chi connectivity index (χ2v) is 5.96. The molecule has 0 bridgehead atoms. The normalized spacial score (nSPS) is 19.2. The number of anilines is 1. The maximum atomic E-state index is 4.65. The highest BCUT2D eigenvalue weighted by Gasteiger charge is 2.23. The van der Waals surface area contributed by atoms with E-state index in [2.05, 4.69) is 63.9 Å². The lowest BCUT2D eigenvalue weighted by Crippen LogP contribution is -2.28. The topological polar surface area (TPSA) is 15.6 Å². The summed E-state index contributed by atoms with van der Waals surface area (Å²) >= 11 is 5.41. The van der Waals surface area contributed by atoms with E-state index in [-0.39, 0.29) is 0 Å². The highest BCUT2D eigenvalue weighted by molar-refractivity contribution is 9.09. The van der Waals surface area contributed by atoms with Gasteiger partial charge in [-0.25, -0.2) is 0 Å². The van der Waals surface area contributed by atoms with E-state index >= 15 is 0 Å². The Morgan fingerprint density at radius 2 is 2.24 bits per heavy atom. The lowest BCUT2D eigenvalue weighted by atomic mass is 10.2. The molecule has 1 unspecified atom stereocenters. The Labute approximate surface area is 116 Å². The molecule has 1 aliphatic rings. The number of amidine groups is 1. The summed E-state index contributed by atoms with van der Waals surface area (Å²) in [6, 6.07) is 8.49. The molecule has 1 aromatic rings. The van der Waals surface area contributed by atoms with Crippen LogP contribution in [0.5, 0.6) is 0 Å². The van der Waals surface area contributed by atoms with Gasteiger partial charge in [-0.05, 0) is 25.5 Å². The number of benzene rings is 1. The van der Waals surface area contributed by atoms with E-state index in [9.17, 15) is 0 Å². The van der Waals surface area contributed by atoms with Crippen LogP contribution in [0.4, 0.5) is 5.69 Å². The molecule has 1 aromatic carbocycles. The highest BCUT2D eigenvalue weighted by Crippen LogP contribution is 2.29. The van der Waals surface area contributed by atoms with Crippen molar-refractivity contribution in [2.75, 3.05) is 23.3 Å². The smallest absolute Gasteiger partial charge is 0.164 e. The van der Waals surface area contributed by atoms with Crippen LogP contribution >= 0.6 is 27.7 Å². The van der Waals surface area contributed by atoms with E-state index in [0.717, 1.165) is 23.6 Å². The zero-order valence-corrected chi connectivity index (χ0v) is 12.6. The molecular weight excluding hydrogens is 296 g/mol. The summed E-state index contributed by atoms with van der Waals surface area (Å²) in [5.41, 5.74) is 2.58. The lowest BCUT2D eigenvalue weighted by molar-refractivity contribution is 0.981. The highest BCUT2D eigenvalue weighted by atomic mass is 79.9. The molecule has 0 aromatic heterocycles. The van der Waals surface area contributed by atoms with Crippen molar-refractivity contribution in [1.29, 1.82) is 0 Å². The van der Waals surface area contributed by atoms with Gasteiger partial charge in [0, 0.05) is 22.8 Å². The Bertz CT molecular complexity index is 420. The molecule has 0 spiro atoms. The molecule has 0 fully saturated rings. The van der Waals surface area contributed by atoms with E-state index in [0.29, 0.717) is 5.25 Å². The fourth-order valence-corrected chi connectivity index (χ4v) is 3.52. The quantitative estimate of drug-likeness (QED) is 0.791. The van der Waals surface area contributed by atoms with E-state index in [4.69, 9.17) is 0 Å². The molecule has 1 aliphatic heterocycles. The maximum absolute atomic E-state index is 4.65. The first-order chi connectivity index (χ1) is 8.26. The predicted molar refractivity (Wildman–Crippen MR) is 81.7 cm³/mol. The average molecular weight is 313 g/mol. The number of para-hydroxylation sites is 1. The van der Waals surface area contributed by atoms with Gasteiger partial charge in [-0.2, -0.15) is 0 Å². The minimum atomic E-state index is 0.586. The Morgan fingerprint density at radius 1 is 1.47 bits per heavy atom. The van der Waals surface area contributed by atoms with Crippen LogP contribution < -0.4 is 4.90 Å². The largest absolute Gasteiger partial charge is 0.321 e. The number of aryl methyl sites for hydroxylation is 1. The standard InChI is InChI=1S/C13H17BrN2S/c1-3-16(12-7-5-4-6-10(12)2)13-15-9-11(8-14)17-13/h4-7,11H,3,8-9H2,1-2H3. The van der Waals surface area contributed by atoms with Gasteiger partial charge in [-0.3, -0.25) is 4.99 Å². The summed E-state index contributed by atoms with van der Waals surface area (Å²) in [6.45, 7) is 6.22. The number of rotatable bonds is 3. The number of hydrogen-bond donors (Lipinski definition) is 0. The molecular formula is C13H17BrN2S. The monoisotopic (exact) mass is 312 g/mol. The summed E-state index contributed by atoms with van der Waals surface area (Å²) in [5.74, 6) is 0. The molecule has 2 nitrogen and oxygen atoms in total. The Kier molecular flexibility index (Phi) is 4.51.